The molecule has 2 heteroatoms. The number of fused-ring (bicyclic) bond motifs is 3. The van der Waals surface area contributed by atoms with Crippen molar-refractivity contribution in [2.45, 2.75) is 25.7 Å². The Morgan fingerprint density at radius 2 is 2.20 bits per heavy atom. The topological polar surface area (TPSA) is 12.0 Å². The summed E-state index contributed by atoms with van der Waals surface area (Å²) in [5.74, 6) is 1.76. The molecule has 1 unspecified atom stereocenters. The van der Waals surface area contributed by atoms with Gasteiger partial charge in [-0.25, -0.2) is 0 Å². The van der Waals surface area contributed by atoms with E-state index in [2.05, 4.69) is 42.0 Å². The van der Waals surface area contributed by atoms with Crippen LogP contribution in [0.3, 0.4) is 0 Å². The number of allylic oxidation sites excluding steroid dienone is 1. The van der Waals surface area contributed by atoms with E-state index in [-0.39, 0.29) is 0 Å². The van der Waals surface area contributed by atoms with E-state index in [9.17, 15) is 0 Å². The average molecular weight is 283 g/mol. The Kier molecular flexibility index (Phi) is 3.16. The molecule has 1 aromatic carbocycles. The van der Waals surface area contributed by atoms with Crippen LogP contribution in [0.5, 0.6) is 0 Å². The van der Waals surface area contributed by atoms with Crippen LogP contribution in [0.15, 0.2) is 35.2 Å². The molecule has 1 nitrogen and oxygen atoms in total. The van der Waals surface area contributed by atoms with Crippen LogP contribution in [0, 0.1) is 11.8 Å². The monoisotopic (exact) mass is 283 g/mol. The molecule has 2 aliphatic carbocycles. The van der Waals surface area contributed by atoms with Crippen LogP contribution in [-0.2, 0) is 0 Å². The van der Waals surface area contributed by atoms with Crippen molar-refractivity contribution in [3.05, 3.63) is 40.8 Å². The van der Waals surface area contributed by atoms with E-state index in [1.807, 2.05) is 11.3 Å². The Bertz CT molecular complexity index is 667. The number of benzene rings is 1. The average Bonchev–Trinajstić information content (AvgIpc) is 3.07. The standard InChI is InChI=1S/C18H21NS/c1-19-11-15-10-12-5-6-14(9-12)17(15)16-4-2-3-13-7-8-20-18(13)16/h2-4,7-8,12,14,19H,5-6,9-11H2,1H3/t12?,14-/m1/s1. The van der Waals surface area contributed by atoms with Gasteiger partial charge in [-0.2, -0.15) is 0 Å². The maximum Gasteiger partial charge on any atom is 0.0417 e. The number of rotatable bonds is 3. The van der Waals surface area contributed by atoms with Gasteiger partial charge < -0.3 is 5.32 Å². The molecule has 0 saturated heterocycles. The van der Waals surface area contributed by atoms with Gasteiger partial charge in [0.25, 0.3) is 0 Å². The molecule has 2 bridgehead atoms. The smallest absolute Gasteiger partial charge is 0.0417 e. The van der Waals surface area contributed by atoms with Crippen molar-refractivity contribution >= 4 is 27.0 Å². The third-order valence-corrected chi connectivity index (χ3v) is 5.99. The summed E-state index contributed by atoms with van der Waals surface area (Å²) < 4.78 is 1.49. The molecule has 0 aliphatic heterocycles. The second-order valence-corrected chi connectivity index (χ2v) is 7.19. The van der Waals surface area contributed by atoms with Crippen LogP contribution in [0.1, 0.15) is 31.2 Å². The van der Waals surface area contributed by atoms with Crippen molar-refractivity contribution < 1.29 is 0 Å². The molecular weight excluding hydrogens is 262 g/mol. The molecule has 0 amide bonds. The predicted molar refractivity (Wildman–Crippen MR) is 88.1 cm³/mol. The third-order valence-electron chi connectivity index (χ3n) is 5.02. The van der Waals surface area contributed by atoms with Crippen molar-refractivity contribution in [2.75, 3.05) is 13.6 Å². The Hall–Kier alpha value is -1.12. The van der Waals surface area contributed by atoms with E-state index >= 15 is 0 Å². The largest absolute Gasteiger partial charge is 0.316 e. The number of nitrogens with one attached hydrogen (secondary N) is 1. The molecule has 20 heavy (non-hydrogen) atoms. The summed E-state index contributed by atoms with van der Waals surface area (Å²) in [6, 6.07) is 9.08. The van der Waals surface area contributed by atoms with Crippen LogP contribution in [0.25, 0.3) is 15.7 Å². The molecule has 0 radical (unpaired) electrons. The van der Waals surface area contributed by atoms with Gasteiger partial charge in [-0.05, 0) is 72.5 Å². The first-order chi connectivity index (χ1) is 9.86. The molecule has 104 valence electrons. The Labute approximate surface area is 124 Å². The highest BCUT2D eigenvalue weighted by Crippen LogP contribution is 2.50. The fourth-order valence-corrected chi connectivity index (χ4v) is 5.19. The van der Waals surface area contributed by atoms with Crippen molar-refractivity contribution in [3.8, 4) is 0 Å². The molecule has 1 aromatic heterocycles. The summed E-state index contributed by atoms with van der Waals surface area (Å²) in [5, 5.41) is 7.03. The zero-order valence-corrected chi connectivity index (χ0v) is 12.8. The van der Waals surface area contributed by atoms with Gasteiger partial charge in [-0.1, -0.05) is 23.8 Å². The van der Waals surface area contributed by atoms with Gasteiger partial charge in [0.05, 0.1) is 0 Å². The SMILES string of the molecule is CNCC1=C(c2cccc3ccsc23)[C@@H]2CCC(C1)C2. The lowest BCUT2D eigenvalue weighted by Gasteiger charge is -2.27. The number of hydrogen-bond acceptors (Lipinski definition) is 2. The number of hydrogen-bond donors (Lipinski definition) is 1. The quantitative estimate of drug-likeness (QED) is 0.861. The van der Waals surface area contributed by atoms with E-state index < -0.39 is 0 Å². The third kappa shape index (κ3) is 1.94. The molecule has 1 saturated carbocycles. The van der Waals surface area contributed by atoms with Crippen LogP contribution in [-0.4, -0.2) is 13.6 Å². The van der Waals surface area contributed by atoms with Crippen molar-refractivity contribution in [2.24, 2.45) is 11.8 Å². The first-order valence-corrected chi connectivity index (χ1v) is 8.58. The highest BCUT2D eigenvalue weighted by molar-refractivity contribution is 7.17. The maximum absolute atomic E-state index is 3.39. The van der Waals surface area contributed by atoms with Gasteiger partial charge in [-0.3, -0.25) is 0 Å². The molecular formula is C18H21NS. The van der Waals surface area contributed by atoms with Crippen LogP contribution in [0.4, 0.5) is 0 Å². The minimum absolute atomic E-state index is 0.810. The van der Waals surface area contributed by atoms with E-state index in [4.69, 9.17) is 0 Å². The summed E-state index contributed by atoms with van der Waals surface area (Å²) in [4.78, 5) is 0. The lowest BCUT2D eigenvalue weighted by Crippen LogP contribution is -2.19. The van der Waals surface area contributed by atoms with E-state index in [0.717, 1.165) is 18.4 Å². The van der Waals surface area contributed by atoms with Crippen LogP contribution in [0.2, 0.25) is 0 Å². The van der Waals surface area contributed by atoms with E-state index in [1.54, 1.807) is 11.1 Å². The molecule has 2 atom stereocenters. The van der Waals surface area contributed by atoms with Gasteiger partial charge >= 0.3 is 0 Å². The molecule has 2 aliphatic rings. The zero-order valence-electron chi connectivity index (χ0n) is 12.0. The van der Waals surface area contributed by atoms with Crippen molar-refractivity contribution in [1.82, 2.24) is 5.32 Å². The van der Waals surface area contributed by atoms with Gasteiger partial charge in [0.1, 0.15) is 0 Å². The molecule has 2 aromatic rings. The summed E-state index contributed by atoms with van der Waals surface area (Å²) in [7, 11) is 2.08. The van der Waals surface area contributed by atoms with Gasteiger partial charge in [0, 0.05) is 11.2 Å². The van der Waals surface area contributed by atoms with E-state index in [1.165, 1.54) is 41.3 Å². The second kappa shape index (κ2) is 5.01. The van der Waals surface area contributed by atoms with Crippen LogP contribution < -0.4 is 5.32 Å². The van der Waals surface area contributed by atoms with Gasteiger partial charge in [0.15, 0.2) is 0 Å². The molecule has 4 rings (SSSR count). The normalized spacial score (nSPS) is 25.6. The zero-order chi connectivity index (χ0) is 13.5. The Morgan fingerprint density at radius 1 is 1.25 bits per heavy atom. The molecule has 0 spiro atoms. The molecule has 1 N–H and O–H groups in total. The first-order valence-electron chi connectivity index (χ1n) is 7.70. The predicted octanol–water partition coefficient (Wildman–Crippen LogP) is 4.69. The number of likely N-dealkylation sites (N-methyl/N-ethyl adjacent to an activating group) is 1. The maximum atomic E-state index is 3.39. The lowest BCUT2D eigenvalue weighted by molar-refractivity contribution is 0.503. The fourth-order valence-electron chi connectivity index (χ4n) is 4.27. The first kappa shape index (κ1) is 12.6. The second-order valence-electron chi connectivity index (χ2n) is 6.27. The number of thiophene rings is 1. The van der Waals surface area contributed by atoms with Crippen molar-refractivity contribution in [3.63, 3.8) is 0 Å². The molecule has 1 fully saturated rings. The Balaban J connectivity index is 1.90. The Morgan fingerprint density at radius 3 is 3.10 bits per heavy atom. The summed E-state index contributed by atoms with van der Waals surface area (Å²) in [6.45, 7) is 1.06. The lowest BCUT2D eigenvalue weighted by atomic mass is 9.79. The van der Waals surface area contributed by atoms with Crippen LogP contribution >= 0.6 is 11.3 Å². The van der Waals surface area contributed by atoms with Crippen molar-refractivity contribution in [1.29, 1.82) is 0 Å². The molecule has 1 heterocycles. The minimum Gasteiger partial charge on any atom is -0.316 e. The van der Waals surface area contributed by atoms with E-state index in [0.29, 0.717) is 0 Å². The summed E-state index contributed by atoms with van der Waals surface area (Å²) in [5.41, 5.74) is 4.88. The fraction of sp³-hybridized carbons (Fsp3) is 0.444. The van der Waals surface area contributed by atoms with Gasteiger partial charge in [0.2, 0.25) is 0 Å². The minimum atomic E-state index is 0.810. The highest BCUT2D eigenvalue weighted by Gasteiger charge is 2.35. The van der Waals surface area contributed by atoms with Gasteiger partial charge in [-0.15, -0.1) is 11.3 Å². The summed E-state index contributed by atoms with van der Waals surface area (Å²) >= 11 is 1.90. The highest BCUT2D eigenvalue weighted by atomic mass is 32.1. The summed E-state index contributed by atoms with van der Waals surface area (Å²) in [6.07, 6.45) is 5.57.